The van der Waals surface area contributed by atoms with Gasteiger partial charge in [-0.25, -0.2) is 4.79 Å². The Labute approximate surface area is 78.3 Å². The molecule has 0 aromatic heterocycles. The van der Waals surface area contributed by atoms with Gasteiger partial charge >= 0.3 is 5.97 Å². The van der Waals surface area contributed by atoms with Crippen molar-refractivity contribution in [2.24, 2.45) is 5.92 Å². The first kappa shape index (κ1) is 9.78. The molecule has 2 heteroatoms. The van der Waals surface area contributed by atoms with E-state index in [9.17, 15) is 4.79 Å². The van der Waals surface area contributed by atoms with Crippen LogP contribution in [0.4, 0.5) is 0 Å². The highest BCUT2D eigenvalue weighted by atomic mass is 16.4. The molecule has 1 aliphatic carbocycles. The molecule has 0 amide bonds. The van der Waals surface area contributed by atoms with E-state index in [0.717, 1.165) is 6.42 Å². The van der Waals surface area contributed by atoms with Crippen molar-refractivity contribution in [2.45, 2.75) is 19.8 Å². The van der Waals surface area contributed by atoms with Crippen LogP contribution in [0.25, 0.3) is 0 Å². The third-order valence-electron chi connectivity index (χ3n) is 2.08. The lowest BCUT2D eigenvalue weighted by Crippen LogP contribution is -2.03. The minimum atomic E-state index is -0.801. The zero-order valence-electron chi connectivity index (χ0n) is 7.73. The van der Waals surface area contributed by atoms with E-state index in [0.29, 0.717) is 12.0 Å². The van der Waals surface area contributed by atoms with Gasteiger partial charge in [-0.05, 0) is 18.8 Å². The predicted molar refractivity (Wildman–Crippen MR) is 52.4 cm³/mol. The van der Waals surface area contributed by atoms with Gasteiger partial charge in [0, 0.05) is 5.57 Å². The van der Waals surface area contributed by atoms with Crippen LogP contribution in [0.15, 0.2) is 36.0 Å². The van der Waals surface area contributed by atoms with Crippen LogP contribution < -0.4 is 0 Å². The van der Waals surface area contributed by atoms with Crippen LogP contribution in [-0.2, 0) is 4.79 Å². The molecular formula is C11H14O2. The van der Waals surface area contributed by atoms with Gasteiger partial charge in [-0.15, -0.1) is 0 Å². The molecule has 1 rings (SSSR count). The predicted octanol–water partition coefficient (Wildman–Crippen LogP) is 2.54. The van der Waals surface area contributed by atoms with E-state index in [1.807, 2.05) is 31.2 Å². The van der Waals surface area contributed by atoms with Crippen LogP contribution in [0.3, 0.4) is 0 Å². The number of carboxylic acid groups (broad SMARTS) is 1. The van der Waals surface area contributed by atoms with Crippen LogP contribution in [-0.4, -0.2) is 11.1 Å². The maximum atomic E-state index is 10.7. The standard InChI is InChI=1S/C11H14O2/c1-2-10(11(12)13)8-9-6-4-3-5-7-9/h3-6,8-9H,2,7H2,1H3,(H,12,13). The summed E-state index contributed by atoms with van der Waals surface area (Å²) in [5.74, 6) is -0.540. The minimum absolute atomic E-state index is 0.260. The van der Waals surface area contributed by atoms with Gasteiger partial charge in [-0.1, -0.05) is 37.3 Å². The van der Waals surface area contributed by atoms with Gasteiger partial charge in [0.25, 0.3) is 0 Å². The largest absolute Gasteiger partial charge is 0.478 e. The molecule has 0 radical (unpaired) electrons. The first-order valence-corrected chi connectivity index (χ1v) is 4.51. The number of hydrogen-bond acceptors (Lipinski definition) is 1. The lowest BCUT2D eigenvalue weighted by Gasteiger charge is -2.08. The molecular weight excluding hydrogens is 164 g/mol. The molecule has 1 aliphatic rings. The SMILES string of the molecule is CCC(=CC1C=CC=CC1)C(=O)O. The normalized spacial score (nSPS) is 21.9. The average Bonchev–Trinajstić information content (AvgIpc) is 2.15. The van der Waals surface area contributed by atoms with Gasteiger partial charge in [-0.2, -0.15) is 0 Å². The fourth-order valence-electron chi connectivity index (χ4n) is 1.32. The highest BCUT2D eigenvalue weighted by Crippen LogP contribution is 2.16. The molecule has 0 bridgehead atoms. The number of aliphatic carboxylic acids is 1. The third-order valence-corrected chi connectivity index (χ3v) is 2.08. The minimum Gasteiger partial charge on any atom is -0.478 e. The monoisotopic (exact) mass is 178 g/mol. The second kappa shape index (κ2) is 4.65. The van der Waals surface area contributed by atoms with E-state index in [-0.39, 0.29) is 5.92 Å². The van der Waals surface area contributed by atoms with E-state index >= 15 is 0 Å². The maximum absolute atomic E-state index is 10.7. The van der Waals surface area contributed by atoms with Crippen molar-refractivity contribution in [2.75, 3.05) is 0 Å². The Balaban J connectivity index is 2.67. The molecule has 13 heavy (non-hydrogen) atoms. The molecule has 0 saturated carbocycles. The summed E-state index contributed by atoms with van der Waals surface area (Å²) >= 11 is 0. The summed E-state index contributed by atoms with van der Waals surface area (Å²) in [6.45, 7) is 1.86. The second-order valence-electron chi connectivity index (χ2n) is 3.06. The number of allylic oxidation sites excluding steroid dienone is 5. The number of carbonyl (C=O) groups is 1. The quantitative estimate of drug-likeness (QED) is 0.674. The van der Waals surface area contributed by atoms with Crippen LogP contribution >= 0.6 is 0 Å². The summed E-state index contributed by atoms with van der Waals surface area (Å²) in [5, 5.41) is 8.79. The van der Waals surface area contributed by atoms with E-state index in [1.165, 1.54) is 0 Å². The molecule has 0 fully saturated rings. The van der Waals surface area contributed by atoms with Gasteiger partial charge in [0.1, 0.15) is 0 Å². The summed E-state index contributed by atoms with van der Waals surface area (Å²) in [6.07, 6.45) is 11.4. The molecule has 0 heterocycles. The van der Waals surface area contributed by atoms with Crippen molar-refractivity contribution in [3.63, 3.8) is 0 Å². The zero-order chi connectivity index (χ0) is 9.68. The highest BCUT2D eigenvalue weighted by Gasteiger charge is 2.08. The van der Waals surface area contributed by atoms with Gasteiger partial charge in [0.2, 0.25) is 0 Å². The Morgan fingerprint density at radius 1 is 1.62 bits per heavy atom. The Hall–Kier alpha value is -1.31. The first-order valence-electron chi connectivity index (χ1n) is 4.51. The highest BCUT2D eigenvalue weighted by molar-refractivity contribution is 5.86. The van der Waals surface area contributed by atoms with E-state index in [1.54, 1.807) is 0 Å². The van der Waals surface area contributed by atoms with Crippen molar-refractivity contribution < 1.29 is 9.90 Å². The van der Waals surface area contributed by atoms with Crippen molar-refractivity contribution >= 4 is 5.97 Å². The van der Waals surface area contributed by atoms with E-state index in [2.05, 4.69) is 6.08 Å². The Morgan fingerprint density at radius 2 is 2.38 bits per heavy atom. The molecule has 0 aromatic rings. The molecule has 0 spiro atoms. The number of rotatable bonds is 3. The molecule has 70 valence electrons. The summed E-state index contributed by atoms with van der Waals surface area (Å²) in [4.78, 5) is 10.7. The number of hydrogen-bond donors (Lipinski definition) is 1. The van der Waals surface area contributed by atoms with Crippen molar-refractivity contribution in [3.05, 3.63) is 36.0 Å². The van der Waals surface area contributed by atoms with Gasteiger partial charge in [0.05, 0.1) is 0 Å². The van der Waals surface area contributed by atoms with E-state index in [4.69, 9.17) is 5.11 Å². The summed E-state index contributed by atoms with van der Waals surface area (Å²) in [6, 6.07) is 0. The third kappa shape index (κ3) is 2.90. The molecule has 0 aromatic carbocycles. The summed E-state index contributed by atoms with van der Waals surface area (Å²) in [5.41, 5.74) is 0.505. The first-order chi connectivity index (χ1) is 6.24. The topological polar surface area (TPSA) is 37.3 Å². The molecule has 2 nitrogen and oxygen atoms in total. The second-order valence-corrected chi connectivity index (χ2v) is 3.06. The molecule has 1 atom stereocenters. The maximum Gasteiger partial charge on any atom is 0.331 e. The fourth-order valence-corrected chi connectivity index (χ4v) is 1.32. The Bertz CT molecular complexity index is 272. The van der Waals surface area contributed by atoms with Crippen LogP contribution in [0.2, 0.25) is 0 Å². The van der Waals surface area contributed by atoms with Crippen LogP contribution in [0.5, 0.6) is 0 Å². The number of carboxylic acids is 1. The Morgan fingerprint density at radius 3 is 2.85 bits per heavy atom. The lowest BCUT2D eigenvalue weighted by atomic mass is 9.97. The van der Waals surface area contributed by atoms with Gasteiger partial charge < -0.3 is 5.11 Å². The van der Waals surface area contributed by atoms with Crippen LogP contribution in [0, 0.1) is 5.92 Å². The molecule has 1 unspecified atom stereocenters. The summed E-state index contributed by atoms with van der Waals surface area (Å²) < 4.78 is 0. The van der Waals surface area contributed by atoms with Gasteiger partial charge in [-0.3, -0.25) is 0 Å². The smallest absolute Gasteiger partial charge is 0.331 e. The van der Waals surface area contributed by atoms with Crippen molar-refractivity contribution in [3.8, 4) is 0 Å². The van der Waals surface area contributed by atoms with E-state index < -0.39 is 5.97 Å². The molecule has 0 saturated heterocycles. The lowest BCUT2D eigenvalue weighted by molar-refractivity contribution is -0.132. The average molecular weight is 178 g/mol. The summed E-state index contributed by atoms with van der Waals surface area (Å²) in [7, 11) is 0. The Kier molecular flexibility index (Phi) is 3.50. The molecule has 1 N–H and O–H groups in total. The molecule has 0 aliphatic heterocycles. The van der Waals surface area contributed by atoms with Crippen molar-refractivity contribution in [1.82, 2.24) is 0 Å². The zero-order valence-corrected chi connectivity index (χ0v) is 7.73. The van der Waals surface area contributed by atoms with Crippen LogP contribution in [0.1, 0.15) is 19.8 Å². The fraction of sp³-hybridized carbons (Fsp3) is 0.364. The van der Waals surface area contributed by atoms with Gasteiger partial charge in [0.15, 0.2) is 0 Å². The van der Waals surface area contributed by atoms with Crippen molar-refractivity contribution in [1.29, 1.82) is 0 Å².